The van der Waals surface area contributed by atoms with Crippen molar-refractivity contribution in [2.75, 3.05) is 7.11 Å². The lowest BCUT2D eigenvalue weighted by molar-refractivity contribution is -0.148. The van der Waals surface area contributed by atoms with Crippen LogP contribution in [0.1, 0.15) is 5.56 Å². The number of carbonyl (C=O) groups excluding carboxylic acids is 1. The molecule has 1 aromatic carbocycles. The summed E-state index contributed by atoms with van der Waals surface area (Å²) in [6.45, 7) is 0. The second-order valence-corrected chi connectivity index (χ2v) is 2.83. The highest BCUT2D eigenvalue weighted by molar-refractivity contribution is 6.33. The van der Waals surface area contributed by atoms with Gasteiger partial charge in [0.15, 0.2) is 0 Å². The van der Waals surface area contributed by atoms with Crippen molar-refractivity contribution in [3.63, 3.8) is 0 Å². The summed E-state index contributed by atoms with van der Waals surface area (Å²) in [7, 11) is 1.32. The maximum atomic E-state index is 13.2. The Balaban J connectivity index is 3.02. The van der Waals surface area contributed by atoms with Crippen molar-refractivity contribution < 1.29 is 23.8 Å². The molecule has 0 aliphatic carbocycles. The van der Waals surface area contributed by atoms with Gasteiger partial charge in [0.25, 0.3) is 0 Å². The van der Waals surface area contributed by atoms with Gasteiger partial charge in [-0.1, -0.05) is 6.07 Å². The number of halogens is 1. The summed E-state index contributed by atoms with van der Waals surface area (Å²) < 4.78 is 18.1. The lowest BCUT2D eigenvalue weighted by Gasteiger charge is -2.07. The van der Waals surface area contributed by atoms with Crippen molar-refractivity contribution in [2.45, 2.75) is 6.42 Å². The second kappa shape index (κ2) is 4.54. The SMILES string of the molecule is COc1cccc(F)c1CC(=O)C(=O)O. The van der Waals surface area contributed by atoms with Crippen molar-refractivity contribution in [3.05, 3.63) is 29.6 Å². The van der Waals surface area contributed by atoms with Gasteiger partial charge in [0.05, 0.1) is 7.11 Å². The van der Waals surface area contributed by atoms with Crippen LogP contribution in [0, 0.1) is 5.82 Å². The molecule has 15 heavy (non-hydrogen) atoms. The van der Waals surface area contributed by atoms with Crippen LogP contribution in [0.4, 0.5) is 4.39 Å². The first-order chi connectivity index (χ1) is 7.06. The number of benzene rings is 1. The minimum Gasteiger partial charge on any atom is -0.496 e. The first-order valence-electron chi connectivity index (χ1n) is 4.13. The lowest BCUT2D eigenvalue weighted by Crippen LogP contribution is -2.16. The minimum absolute atomic E-state index is 0.0348. The molecule has 0 amide bonds. The Morgan fingerprint density at radius 3 is 2.67 bits per heavy atom. The van der Waals surface area contributed by atoms with Gasteiger partial charge in [-0.3, -0.25) is 4.79 Å². The molecule has 1 rings (SSSR count). The van der Waals surface area contributed by atoms with E-state index in [9.17, 15) is 14.0 Å². The Kier molecular flexibility index (Phi) is 3.38. The monoisotopic (exact) mass is 212 g/mol. The van der Waals surface area contributed by atoms with E-state index in [4.69, 9.17) is 9.84 Å². The largest absolute Gasteiger partial charge is 0.496 e. The number of ether oxygens (including phenoxy) is 1. The van der Waals surface area contributed by atoms with Crippen molar-refractivity contribution in [1.29, 1.82) is 0 Å². The standard InChI is InChI=1S/C10H9FO4/c1-15-9-4-2-3-7(11)6(9)5-8(12)10(13)14/h2-4H,5H2,1H3,(H,13,14). The van der Waals surface area contributed by atoms with Crippen LogP contribution < -0.4 is 4.74 Å². The molecule has 0 saturated carbocycles. The number of aliphatic carboxylic acids is 1. The van der Waals surface area contributed by atoms with E-state index in [1.54, 1.807) is 0 Å². The molecule has 1 aromatic rings. The van der Waals surface area contributed by atoms with E-state index in [1.165, 1.54) is 19.2 Å². The average Bonchev–Trinajstić information content (AvgIpc) is 2.20. The van der Waals surface area contributed by atoms with Crippen LogP contribution in [0.3, 0.4) is 0 Å². The minimum atomic E-state index is -1.58. The Morgan fingerprint density at radius 2 is 2.13 bits per heavy atom. The topological polar surface area (TPSA) is 63.6 Å². The number of methoxy groups -OCH3 is 1. The molecule has 0 aromatic heterocycles. The van der Waals surface area contributed by atoms with Gasteiger partial charge in [0, 0.05) is 12.0 Å². The van der Waals surface area contributed by atoms with Crippen LogP contribution in [0.2, 0.25) is 0 Å². The fourth-order valence-corrected chi connectivity index (χ4v) is 1.14. The molecular weight excluding hydrogens is 203 g/mol. The highest BCUT2D eigenvalue weighted by Gasteiger charge is 2.18. The fourth-order valence-electron chi connectivity index (χ4n) is 1.14. The molecule has 0 fully saturated rings. The van der Waals surface area contributed by atoms with Gasteiger partial charge in [-0.05, 0) is 12.1 Å². The summed E-state index contributed by atoms with van der Waals surface area (Å²) >= 11 is 0. The molecule has 5 heteroatoms. The van der Waals surface area contributed by atoms with Crippen molar-refractivity contribution in [3.8, 4) is 5.75 Å². The summed E-state index contributed by atoms with van der Waals surface area (Å²) in [5.74, 6) is -3.13. The van der Waals surface area contributed by atoms with Gasteiger partial charge >= 0.3 is 5.97 Å². The first kappa shape index (κ1) is 11.2. The number of hydrogen-bond acceptors (Lipinski definition) is 3. The number of carbonyl (C=O) groups is 2. The fraction of sp³-hybridized carbons (Fsp3) is 0.200. The van der Waals surface area contributed by atoms with Crippen LogP contribution in [-0.2, 0) is 16.0 Å². The molecular formula is C10H9FO4. The normalized spacial score (nSPS) is 9.73. The Hall–Kier alpha value is -1.91. The molecule has 0 aliphatic heterocycles. The number of rotatable bonds is 4. The number of carboxylic acids is 1. The van der Waals surface area contributed by atoms with Crippen LogP contribution >= 0.6 is 0 Å². The van der Waals surface area contributed by atoms with Crippen molar-refractivity contribution in [1.82, 2.24) is 0 Å². The molecule has 0 bridgehead atoms. The molecule has 4 nitrogen and oxygen atoms in total. The quantitative estimate of drug-likeness (QED) is 0.757. The van der Waals surface area contributed by atoms with Gasteiger partial charge in [-0.25, -0.2) is 9.18 Å². The highest BCUT2D eigenvalue weighted by Crippen LogP contribution is 2.21. The van der Waals surface area contributed by atoms with Crippen LogP contribution in [0.5, 0.6) is 5.75 Å². The van der Waals surface area contributed by atoms with E-state index in [2.05, 4.69) is 0 Å². The van der Waals surface area contributed by atoms with E-state index in [0.29, 0.717) is 0 Å². The third kappa shape index (κ3) is 2.52. The van der Waals surface area contributed by atoms with Crippen LogP contribution in [-0.4, -0.2) is 24.0 Å². The molecule has 0 radical (unpaired) electrons. The predicted molar refractivity (Wildman–Crippen MR) is 49.3 cm³/mol. The maximum absolute atomic E-state index is 13.2. The second-order valence-electron chi connectivity index (χ2n) is 2.83. The van der Waals surface area contributed by atoms with Crippen molar-refractivity contribution >= 4 is 11.8 Å². The third-order valence-electron chi connectivity index (χ3n) is 1.87. The molecule has 0 unspecified atom stereocenters. The molecule has 0 aliphatic rings. The maximum Gasteiger partial charge on any atom is 0.372 e. The molecule has 0 spiro atoms. The van der Waals surface area contributed by atoms with Gasteiger partial charge in [-0.15, -0.1) is 0 Å². The zero-order valence-corrected chi connectivity index (χ0v) is 7.99. The van der Waals surface area contributed by atoms with E-state index < -0.39 is 24.0 Å². The van der Waals surface area contributed by atoms with Gasteiger partial charge < -0.3 is 9.84 Å². The van der Waals surface area contributed by atoms with E-state index in [-0.39, 0.29) is 11.3 Å². The van der Waals surface area contributed by atoms with E-state index in [1.807, 2.05) is 0 Å². The Morgan fingerprint density at radius 1 is 1.47 bits per heavy atom. The predicted octanol–water partition coefficient (Wildman–Crippen LogP) is 1.03. The lowest BCUT2D eigenvalue weighted by atomic mass is 10.1. The van der Waals surface area contributed by atoms with Crippen LogP contribution in [0.25, 0.3) is 0 Å². The average molecular weight is 212 g/mol. The Labute approximate surface area is 85.3 Å². The number of Topliss-reactive ketones (excluding diaryl/α,β-unsaturated/α-hetero) is 1. The third-order valence-corrected chi connectivity index (χ3v) is 1.87. The zero-order valence-electron chi connectivity index (χ0n) is 7.99. The molecule has 0 heterocycles. The van der Waals surface area contributed by atoms with Crippen molar-refractivity contribution in [2.24, 2.45) is 0 Å². The molecule has 0 saturated heterocycles. The molecule has 1 N–H and O–H groups in total. The molecule has 0 atom stereocenters. The van der Waals surface area contributed by atoms with E-state index in [0.717, 1.165) is 6.07 Å². The van der Waals surface area contributed by atoms with Gasteiger partial charge in [0.1, 0.15) is 11.6 Å². The first-order valence-corrected chi connectivity index (χ1v) is 4.13. The summed E-state index contributed by atoms with van der Waals surface area (Å²) in [4.78, 5) is 21.2. The number of carboxylic acid groups (broad SMARTS) is 1. The summed E-state index contributed by atoms with van der Waals surface area (Å²) in [6, 6.07) is 4.03. The summed E-state index contributed by atoms with van der Waals surface area (Å²) in [6.07, 6.45) is -0.509. The Bertz CT molecular complexity index is 400. The van der Waals surface area contributed by atoms with Gasteiger partial charge in [-0.2, -0.15) is 0 Å². The molecule has 80 valence electrons. The smallest absolute Gasteiger partial charge is 0.372 e. The zero-order chi connectivity index (χ0) is 11.4. The number of hydrogen-bond donors (Lipinski definition) is 1. The van der Waals surface area contributed by atoms with Gasteiger partial charge in [0.2, 0.25) is 5.78 Å². The highest BCUT2D eigenvalue weighted by atomic mass is 19.1. The summed E-state index contributed by atoms with van der Waals surface area (Å²) in [5, 5.41) is 8.38. The van der Waals surface area contributed by atoms with Crippen LogP contribution in [0.15, 0.2) is 18.2 Å². The van der Waals surface area contributed by atoms with E-state index >= 15 is 0 Å². The number of ketones is 1. The summed E-state index contributed by atoms with van der Waals surface area (Å²) in [5.41, 5.74) is -0.0348.